The van der Waals surface area contributed by atoms with Crippen molar-refractivity contribution in [2.45, 2.75) is 50.2 Å². The first-order chi connectivity index (χ1) is 19.0. The number of aromatic nitrogens is 2. The second-order valence-corrected chi connectivity index (χ2v) is 10.1. The van der Waals surface area contributed by atoms with Crippen molar-refractivity contribution in [3.05, 3.63) is 78.0 Å². The van der Waals surface area contributed by atoms with Crippen LogP contribution in [0, 0.1) is 5.82 Å². The van der Waals surface area contributed by atoms with E-state index in [0.29, 0.717) is 16.2 Å². The standard InChI is InChI=1S/C27H30BFN4O8/c1-5-10-30-21(14(2)3)23(34)15-6-9-19(29)18(11-15)22-17-8-7-16(12-20(17)31-13-32-22)33-24(4,35)25(28,36)41-27(39,40)26(33,37)38/h5-13,23,34-40H,1,28H2,2-4H3/b30-10-. The number of hydrogen-bond acceptors (Lipinski definition) is 12. The monoisotopic (exact) mass is 568 g/mol. The van der Waals surface area contributed by atoms with Crippen LogP contribution in [-0.4, -0.2) is 83.1 Å². The van der Waals surface area contributed by atoms with E-state index in [1.165, 1.54) is 48.7 Å². The zero-order chi connectivity index (χ0) is 30.5. The Morgan fingerprint density at radius 2 is 1.78 bits per heavy atom. The number of ether oxygens (including phenoxy) is 1. The first kappa shape index (κ1) is 30.4. The van der Waals surface area contributed by atoms with Gasteiger partial charge in [0.15, 0.2) is 19.3 Å². The molecule has 41 heavy (non-hydrogen) atoms. The normalized spacial score (nSPS) is 24.4. The van der Waals surface area contributed by atoms with Crippen molar-refractivity contribution in [3.8, 4) is 11.3 Å². The Morgan fingerprint density at radius 3 is 2.41 bits per heavy atom. The fourth-order valence-electron chi connectivity index (χ4n) is 4.59. The van der Waals surface area contributed by atoms with Crippen LogP contribution in [0.1, 0.15) is 32.4 Å². The topological polar surface area (TPSA) is 192 Å². The fourth-order valence-corrected chi connectivity index (χ4v) is 4.59. The van der Waals surface area contributed by atoms with E-state index < -0.39 is 35.2 Å². The molecule has 0 bridgehead atoms. The number of aliphatic imine (C=N–C) groups is 1. The van der Waals surface area contributed by atoms with E-state index in [4.69, 9.17) is 0 Å². The molecular weight excluding hydrogens is 538 g/mol. The van der Waals surface area contributed by atoms with E-state index in [-0.39, 0.29) is 27.8 Å². The van der Waals surface area contributed by atoms with Crippen molar-refractivity contribution >= 4 is 30.7 Å². The van der Waals surface area contributed by atoms with Gasteiger partial charge in [0.25, 0.3) is 0 Å². The summed E-state index contributed by atoms with van der Waals surface area (Å²) in [4.78, 5) is 12.9. The van der Waals surface area contributed by atoms with Crippen molar-refractivity contribution in [3.63, 3.8) is 0 Å². The largest absolute Gasteiger partial charge is 0.382 e. The average Bonchev–Trinajstić information content (AvgIpc) is 2.87. The Hall–Kier alpha value is -3.60. The highest BCUT2D eigenvalue weighted by atomic mass is 19.1. The van der Waals surface area contributed by atoms with Gasteiger partial charge in [-0.15, -0.1) is 0 Å². The maximum absolute atomic E-state index is 15.2. The minimum absolute atomic E-state index is 0.0206. The summed E-state index contributed by atoms with van der Waals surface area (Å²) in [5.74, 6) is -8.05. The SMILES string of the molecule is BC1(O)OC(O)(O)C(O)(O)N(c2ccc3c(-c4cc(C(O)C(/N=C\C=C)=C(C)C)ccc4F)ncnc3c2)C1(C)O. The average molecular weight is 568 g/mol. The zero-order valence-electron chi connectivity index (χ0n) is 22.7. The number of fused-ring (bicyclic) bond motifs is 1. The second-order valence-electron chi connectivity index (χ2n) is 10.1. The van der Waals surface area contributed by atoms with Crippen LogP contribution in [0.4, 0.5) is 10.1 Å². The first-order valence-electron chi connectivity index (χ1n) is 12.4. The molecule has 2 heterocycles. The van der Waals surface area contributed by atoms with Crippen LogP contribution in [0.15, 0.2) is 71.6 Å². The fraction of sp³-hybridized carbons (Fsp3) is 0.296. The molecule has 1 aliphatic rings. The molecule has 1 saturated heterocycles. The van der Waals surface area contributed by atoms with Gasteiger partial charge >= 0.3 is 11.9 Å². The molecule has 0 amide bonds. The van der Waals surface area contributed by atoms with E-state index in [0.717, 1.165) is 26.7 Å². The molecule has 1 aromatic heterocycles. The summed E-state index contributed by atoms with van der Waals surface area (Å²) in [5.41, 5.74) is -3.87. The summed E-state index contributed by atoms with van der Waals surface area (Å²) >= 11 is 0. The number of nitrogens with zero attached hydrogens (tertiary/aromatic N) is 4. The molecule has 0 saturated carbocycles. The van der Waals surface area contributed by atoms with Crippen LogP contribution >= 0.6 is 0 Å². The lowest BCUT2D eigenvalue weighted by molar-refractivity contribution is -0.530. The lowest BCUT2D eigenvalue weighted by Crippen LogP contribution is -2.84. The maximum atomic E-state index is 15.2. The Bertz CT molecular complexity index is 1540. The number of morpholine rings is 1. The molecular formula is C27H30BFN4O8. The van der Waals surface area contributed by atoms with Gasteiger partial charge in [-0.05, 0) is 56.7 Å². The molecule has 1 aliphatic heterocycles. The van der Waals surface area contributed by atoms with Gasteiger partial charge in [-0.1, -0.05) is 24.3 Å². The van der Waals surface area contributed by atoms with E-state index in [1.807, 2.05) is 0 Å². The van der Waals surface area contributed by atoms with Crippen molar-refractivity contribution in [1.29, 1.82) is 0 Å². The van der Waals surface area contributed by atoms with E-state index in [9.17, 15) is 35.7 Å². The Balaban J connectivity index is 1.85. The molecule has 216 valence electrons. The second kappa shape index (κ2) is 10.3. The van der Waals surface area contributed by atoms with Crippen molar-refractivity contribution in [2.75, 3.05) is 4.90 Å². The number of anilines is 1. The van der Waals surface area contributed by atoms with Crippen molar-refractivity contribution in [1.82, 2.24) is 9.97 Å². The van der Waals surface area contributed by atoms with E-state index >= 15 is 4.39 Å². The summed E-state index contributed by atoms with van der Waals surface area (Å²) in [7, 11) is 0.894. The van der Waals surface area contributed by atoms with Gasteiger partial charge in [-0.3, -0.25) is 14.6 Å². The van der Waals surface area contributed by atoms with E-state index in [2.05, 4.69) is 26.3 Å². The molecule has 1 fully saturated rings. The lowest BCUT2D eigenvalue weighted by atomic mass is 9.81. The molecule has 0 radical (unpaired) electrons. The molecule has 4 rings (SSSR count). The van der Waals surface area contributed by atoms with Crippen LogP contribution in [0.5, 0.6) is 0 Å². The molecule has 2 aromatic carbocycles. The van der Waals surface area contributed by atoms with Crippen LogP contribution in [0.3, 0.4) is 0 Å². The summed E-state index contributed by atoms with van der Waals surface area (Å²) in [6, 6.07) is 7.87. The molecule has 0 spiro atoms. The van der Waals surface area contributed by atoms with Gasteiger partial charge in [0.05, 0.1) is 16.9 Å². The van der Waals surface area contributed by atoms with Crippen LogP contribution in [0.2, 0.25) is 0 Å². The van der Waals surface area contributed by atoms with Gasteiger partial charge in [0.2, 0.25) is 0 Å². The Morgan fingerprint density at radius 1 is 1.10 bits per heavy atom. The molecule has 3 aromatic rings. The molecule has 14 heteroatoms. The number of aliphatic hydroxyl groups is 7. The minimum Gasteiger partial charge on any atom is -0.382 e. The smallest absolute Gasteiger partial charge is 0.359 e. The number of aliphatic hydroxyl groups excluding tert-OH is 1. The Labute approximate surface area is 235 Å². The van der Waals surface area contributed by atoms with Crippen molar-refractivity contribution in [2.24, 2.45) is 4.99 Å². The molecule has 3 atom stereocenters. The molecule has 3 unspecified atom stereocenters. The summed E-state index contributed by atoms with van der Waals surface area (Å²) < 4.78 is 19.7. The number of allylic oxidation sites excluding steroid dienone is 2. The third-order valence-electron chi connectivity index (χ3n) is 6.93. The number of benzene rings is 2. The highest BCUT2D eigenvalue weighted by Gasteiger charge is 2.70. The predicted octanol–water partition coefficient (Wildman–Crippen LogP) is 0.121. The summed E-state index contributed by atoms with van der Waals surface area (Å²) in [6.45, 7) is 8.09. The molecule has 12 nitrogen and oxygen atoms in total. The third kappa shape index (κ3) is 5.05. The van der Waals surface area contributed by atoms with Crippen LogP contribution in [-0.2, 0) is 4.74 Å². The van der Waals surface area contributed by atoms with Crippen molar-refractivity contribution < 1.29 is 44.9 Å². The van der Waals surface area contributed by atoms with Gasteiger partial charge in [-0.2, -0.15) is 0 Å². The van der Waals surface area contributed by atoms with Gasteiger partial charge in [0, 0.05) is 22.9 Å². The zero-order valence-corrected chi connectivity index (χ0v) is 22.7. The highest BCUT2D eigenvalue weighted by molar-refractivity contribution is 6.14. The molecule has 7 N–H and O–H groups in total. The highest BCUT2D eigenvalue weighted by Crippen LogP contribution is 2.45. The number of halogens is 1. The van der Waals surface area contributed by atoms with Gasteiger partial charge in [-0.25, -0.2) is 14.4 Å². The Kier molecular flexibility index (Phi) is 7.66. The summed E-state index contributed by atoms with van der Waals surface area (Å²) in [5, 5.41) is 74.4. The first-order valence-corrected chi connectivity index (χ1v) is 12.4. The third-order valence-corrected chi connectivity index (χ3v) is 6.93. The number of rotatable bonds is 6. The quantitative estimate of drug-likeness (QED) is 0.121. The van der Waals surface area contributed by atoms with Crippen LogP contribution < -0.4 is 4.90 Å². The minimum atomic E-state index is -3.74. The van der Waals surface area contributed by atoms with Gasteiger partial charge in [0.1, 0.15) is 18.2 Å². The van der Waals surface area contributed by atoms with Gasteiger partial charge < -0.3 is 35.7 Å². The van der Waals surface area contributed by atoms with Crippen LogP contribution in [0.25, 0.3) is 22.2 Å². The predicted molar refractivity (Wildman–Crippen MR) is 149 cm³/mol. The summed E-state index contributed by atoms with van der Waals surface area (Å²) in [6.07, 6.45) is 2.83. The molecule has 0 aliphatic carbocycles. The lowest BCUT2D eigenvalue weighted by Gasteiger charge is -2.59. The number of hydrogen-bond donors (Lipinski definition) is 7. The van der Waals surface area contributed by atoms with E-state index in [1.54, 1.807) is 13.8 Å². The maximum Gasteiger partial charge on any atom is 0.359 e.